The van der Waals surface area contributed by atoms with Crippen molar-refractivity contribution in [3.05, 3.63) is 35.4 Å². The average molecular weight is 271 g/mol. The predicted molar refractivity (Wildman–Crippen MR) is 81.6 cm³/mol. The zero-order valence-electron chi connectivity index (χ0n) is 12.5. The highest BCUT2D eigenvalue weighted by Gasteiger charge is 2.36. The maximum absolute atomic E-state index is 11.7. The van der Waals surface area contributed by atoms with Gasteiger partial charge in [0.15, 0.2) is 0 Å². The number of carbonyl (C=O) groups is 1. The van der Waals surface area contributed by atoms with Crippen LogP contribution in [0.2, 0.25) is 0 Å². The van der Waals surface area contributed by atoms with Crippen molar-refractivity contribution in [3.8, 4) is 0 Å². The fraction of sp³-hybridized carbons (Fsp3) is 0.611. The van der Waals surface area contributed by atoms with Crippen LogP contribution in [0.4, 0.5) is 0 Å². The van der Waals surface area contributed by atoms with Gasteiger partial charge < -0.3 is 4.79 Å². The first kappa shape index (κ1) is 13.8. The number of rotatable bonds is 3. The summed E-state index contributed by atoms with van der Waals surface area (Å²) in [6, 6.07) is 8.73. The van der Waals surface area contributed by atoms with Crippen molar-refractivity contribution in [2.45, 2.75) is 45.6 Å². The summed E-state index contributed by atoms with van der Waals surface area (Å²) in [5.74, 6) is 0.796. The van der Waals surface area contributed by atoms with Crippen LogP contribution in [0.25, 0.3) is 0 Å². The molecule has 1 aromatic carbocycles. The molecule has 1 heterocycles. The highest BCUT2D eigenvalue weighted by Crippen LogP contribution is 2.38. The van der Waals surface area contributed by atoms with E-state index in [-0.39, 0.29) is 5.41 Å². The summed E-state index contributed by atoms with van der Waals surface area (Å²) in [4.78, 5) is 14.2. The van der Waals surface area contributed by atoms with Gasteiger partial charge in [0.1, 0.15) is 6.29 Å². The van der Waals surface area contributed by atoms with Crippen molar-refractivity contribution in [1.82, 2.24) is 4.90 Å². The molecule has 2 nitrogen and oxygen atoms in total. The Hall–Kier alpha value is -1.15. The summed E-state index contributed by atoms with van der Waals surface area (Å²) in [5.41, 5.74) is 2.86. The predicted octanol–water partition coefficient (Wildman–Crippen LogP) is 3.44. The van der Waals surface area contributed by atoms with Crippen molar-refractivity contribution < 1.29 is 4.79 Å². The Kier molecular flexibility index (Phi) is 3.93. The smallest absolute Gasteiger partial charge is 0.127 e. The molecule has 0 radical (unpaired) electrons. The Morgan fingerprint density at radius 1 is 1.25 bits per heavy atom. The number of hydrogen-bond donors (Lipinski definition) is 0. The number of aldehydes is 1. The van der Waals surface area contributed by atoms with Gasteiger partial charge in [-0.05, 0) is 49.1 Å². The van der Waals surface area contributed by atoms with Gasteiger partial charge in [0, 0.05) is 25.0 Å². The number of benzene rings is 1. The first-order valence-corrected chi connectivity index (χ1v) is 7.96. The molecule has 3 rings (SSSR count). The molecule has 2 aliphatic rings. The molecule has 1 aromatic rings. The van der Waals surface area contributed by atoms with Gasteiger partial charge in [-0.3, -0.25) is 4.90 Å². The lowest BCUT2D eigenvalue weighted by atomic mass is 9.71. The van der Waals surface area contributed by atoms with Gasteiger partial charge in [0.2, 0.25) is 0 Å². The lowest BCUT2D eigenvalue weighted by Crippen LogP contribution is -2.43. The second-order valence-corrected chi connectivity index (χ2v) is 6.89. The molecule has 108 valence electrons. The molecule has 0 spiro atoms. The lowest BCUT2D eigenvalue weighted by Gasteiger charge is -2.40. The van der Waals surface area contributed by atoms with E-state index in [9.17, 15) is 4.79 Å². The molecule has 20 heavy (non-hydrogen) atoms. The Labute approximate surface area is 122 Å². The molecule has 2 heteroatoms. The lowest BCUT2D eigenvalue weighted by molar-refractivity contribution is -0.119. The Balaban J connectivity index is 1.67. The molecular formula is C18H25NO. The molecule has 0 atom stereocenters. The van der Waals surface area contributed by atoms with Crippen molar-refractivity contribution in [3.63, 3.8) is 0 Å². The van der Waals surface area contributed by atoms with E-state index in [1.807, 2.05) is 0 Å². The van der Waals surface area contributed by atoms with Crippen LogP contribution in [0.1, 0.15) is 43.7 Å². The molecule has 0 bridgehead atoms. The van der Waals surface area contributed by atoms with E-state index in [0.717, 1.165) is 44.8 Å². The largest absolute Gasteiger partial charge is 0.303 e. The standard InChI is InChI=1S/C18H25NO/c1-15-6-9-18(14-20,10-7-15)13-19-11-8-16-4-2-3-5-17(16)12-19/h2-5,14-15H,6-13H2,1H3. The minimum Gasteiger partial charge on any atom is -0.303 e. The number of hydrogen-bond acceptors (Lipinski definition) is 2. The fourth-order valence-corrected chi connectivity index (χ4v) is 3.78. The molecule has 0 N–H and O–H groups in total. The van der Waals surface area contributed by atoms with Crippen LogP contribution in [0.3, 0.4) is 0 Å². The van der Waals surface area contributed by atoms with Crippen LogP contribution in [0, 0.1) is 11.3 Å². The second-order valence-electron chi connectivity index (χ2n) is 6.89. The molecule has 0 aromatic heterocycles. The molecule has 0 saturated heterocycles. The van der Waals surface area contributed by atoms with E-state index in [2.05, 4.69) is 36.1 Å². The van der Waals surface area contributed by atoms with Gasteiger partial charge >= 0.3 is 0 Å². The molecule has 1 saturated carbocycles. The molecular weight excluding hydrogens is 246 g/mol. The molecule has 1 aliphatic carbocycles. The summed E-state index contributed by atoms with van der Waals surface area (Å²) in [5, 5.41) is 0. The van der Waals surface area contributed by atoms with Gasteiger partial charge in [-0.15, -0.1) is 0 Å². The fourth-order valence-electron chi connectivity index (χ4n) is 3.78. The Bertz CT molecular complexity index is 474. The molecule has 0 unspecified atom stereocenters. The number of carbonyl (C=O) groups excluding carboxylic acids is 1. The average Bonchev–Trinajstić information content (AvgIpc) is 2.50. The third kappa shape index (κ3) is 2.80. The van der Waals surface area contributed by atoms with Gasteiger partial charge in [0.25, 0.3) is 0 Å². The van der Waals surface area contributed by atoms with Crippen LogP contribution >= 0.6 is 0 Å². The maximum Gasteiger partial charge on any atom is 0.127 e. The van der Waals surface area contributed by atoms with Crippen LogP contribution in [0.15, 0.2) is 24.3 Å². The van der Waals surface area contributed by atoms with Gasteiger partial charge in [0.05, 0.1) is 0 Å². The molecule has 1 aliphatic heterocycles. The zero-order valence-corrected chi connectivity index (χ0v) is 12.5. The highest BCUT2D eigenvalue weighted by atomic mass is 16.1. The van der Waals surface area contributed by atoms with Crippen molar-refractivity contribution in [2.24, 2.45) is 11.3 Å². The van der Waals surface area contributed by atoms with E-state index < -0.39 is 0 Å². The Morgan fingerprint density at radius 2 is 1.95 bits per heavy atom. The SMILES string of the molecule is CC1CCC(C=O)(CN2CCc3ccccc3C2)CC1. The topological polar surface area (TPSA) is 20.3 Å². The van der Waals surface area contributed by atoms with Crippen molar-refractivity contribution in [1.29, 1.82) is 0 Å². The van der Waals surface area contributed by atoms with Crippen molar-refractivity contribution in [2.75, 3.05) is 13.1 Å². The van der Waals surface area contributed by atoms with Gasteiger partial charge in [-0.1, -0.05) is 31.2 Å². The quantitative estimate of drug-likeness (QED) is 0.785. The molecule has 0 amide bonds. The van der Waals surface area contributed by atoms with Gasteiger partial charge in [-0.25, -0.2) is 0 Å². The summed E-state index contributed by atoms with van der Waals surface area (Å²) < 4.78 is 0. The Morgan fingerprint density at radius 3 is 2.65 bits per heavy atom. The van der Waals surface area contributed by atoms with Crippen LogP contribution in [-0.4, -0.2) is 24.3 Å². The first-order chi connectivity index (χ1) is 9.71. The number of fused-ring (bicyclic) bond motifs is 1. The second kappa shape index (κ2) is 5.69. The van der Waals surface area contributed by atoms with Crippen molar-refractivity contribution >= 4 is 6.29 Å². The monoisotopic (exact) mass is 271 g/mol. The van der Waals surface area contributed by atoms with E-state index >= 15 is 0 Å². The third-order valence-corrected chi connectivity index (χ3v) is 5.27. The summed E-state index contributed by atoms with van der Waals surface area (Å²) >= 11 is 0. The number of nitrogens with zero attached hydrogens (tertiary/aromatic N) is 1. The first-order valence-electron chi connectivity index (χ1n) is 7.96. The zero-order chi connectivity index (χ0) is 14.0. The summed E-state index contributed by atoms with van der Waals surface area (Å²) in [6.07, 6.45) is 6.97. The van der Waals surface area contributed by atoms with Crippen LogP contribution in [0.5, 0.6) is 0 Å². The highest BCUT2D eigenvalue weighted by molar-refractivity contribution is 5.60. The van der Waals surface area contributed by atoms with E-state index in [1.165, 1.54) is 30.3 Å². The maximum atomic E-state index is 11.7. The minimum absolute atomic E-state index is 0.0706. The minimum atomic E-state index is -0.0706. The van der Waals surface area contributed by atoms with Gasteiger partial charge in [-0.2, -0.15) is 0 Å². The summed E-state index contributed by atoms with van der Waals surface area (Å²) in [6.45, 7) is 5.38. The summed E-state index contributed by atoms with van der Waals surface area (Å²) in [7, 11) is 0. The third-order valence-electron chi connectivity index (χ3n) is 5.27. The normalized spacial score (nSPS) is 30.8. The van der Waals surface area contributed by atoms with Crippen LogP contribution in [-0.2, 0) is 17.8 Å². The molecule has 1 fully saturated rings. The van der Waals surface area contributed by atoms with Crippen LogP contribution < -0.4 is 0 Å². The van der Waals surface area contributed by atoms with E-state index in [1.54, 1.807) is 0 Å². The van der Waals surface area contributed by atoms with E-state index in [0.29, 0.717) is 0 Å². The van der Waals surface area contributed by atoms with E-state index in [4.69, 9.17) is 0 Å².